The molecule has 6 heteroatoms. The van der Waals surface area contributed by atoms with Gasteiger partial charge in [-0.1, -0.05) is 6.07 Å². The number of hydrogen-bond acceptors (Lipinski definition) is 5. The Morgan fingerprint density at radius 2 is 2.32 bits per heavy atom. The van der Waals surface area contributed by atoms with Crippen molar-refractivity contribution in [3.05, 3.63) is 23.8 Å². The summed E-state index contributed by atoms with van der Waals surface area (Å²) in [6, 6.07) is 4.94. The van der Waals surface area contributed by atoms with E-state index in [1.165, 1.54) is 6.21 Å². The van der Waals surface area contributed by atoms with Crippen LogP contribution in [0.1, 0.15) is 18.9 Å². The van der Waals surface area contributed by atoms with E-state index in [1.54, 1.807) is 18.2 Å². The molecule has 0 spiro atoms. The van der Waals surface area contributed by atoms with Gasteiger partial charge < -0.3 is 9.84 Å². The average Bonchev–Trinajstić information content (AvgIpc) is 2.70. The fourth-order valence-electron chi connectivity index (χ4n) is 1.99. The van der Waals surface area contributed by atoms with E-state index >= 15 is 0 Å². The molecular formula is C13H17NO4S. The average molecular weight is 283 g/mol. The number of hydrogen-bond donors (Lipinski definition) is 1. The maximum atomic E-state index is 11.3. The quantitative estimate of drug-likeness (QED) is 0.847. The number of benzene rings is 1. The highest BCUT2D eigenvalue weighted by Gasteiger charge is 2.26. The third kappa shape index (κ3) is 3.47. The number of para-hydroxylation sites is 1. The van der Waals surface area contributed by atoms with Crippen molar-refractivity contribution in [3.8, 4) is 11.5 Å². The smallest absolute Gasteiger partial charge is 0.166 e. The van der Waals surface area contributed by atoms with E-state index in [2.05, 4.69) is 4.99 Å². The van der Waals surface area contributed by atoms with Gasteiger partial charge in [0, 0.05) is 11.8 Å². The first-order chi connectivity index (χ1) is 9.02. The highest BCUT2D eigenvalue weighted by Crippen LogP contribution is 2.28. The van der Waals surface area contributed by atoms with Crippen LogP contribution in [0, 0.1) is 0 Å². The van der Waals surface area contributed by atoms with Crippen molar-refractivity contribution in [3.63, 3.8) is 0 Å². The lowest BCUT2D eigenvalue weighted by atomic mass is 10.2. The Balaban J connectivity index is 2.13. The molecule has 1 heterocycles. The lowest BCUT2D eigenvalue weighted by molar-refractivity contribution is 0.318. The summed E-state index contributed by atoms with van der Waals surface area (Å²) in [6.45, 7) is 2.30. The third-order valence-electron chi connectivity index (χ3n) is 2.96. The summed E-state index contributed by atoms with van der Waals surface area (Å²) in [5.41, 5.74) is 0.537. The van der Waals surface area contributed by atoms with Gasteiger partial charge in [0.1, 0.15) is 0 Å². The number of aliphatic imine (C=N–C) groups is 1. The second-order valence-corrected chi connectivity index (χ2v) is 6.69. The Bertz CT molecular complexity index is 580. The molecule has 1 N–H and O–H groups in total. The predicted octanol–water partition coefficient (Wildman–Crippen LogP) is 1.40. The summed E-state index contributed by atoms with van der Waals surface area (Å²) >= 11 is 0. The van der Waals surface area contributed by atoms with Gasteiger partial charge in [0.25, 0.3) is 0 Å². The maximum Gasteiger partial charge on any atom is 0.166 e. The Morgan fingerprint density at radius 1 is 1.53 bits per heavy atom. The van der Waals surface area contributed by atoms with E-state index in [0.29, 0.717) is 24.3 Å². The number of nitrogens with zero attached hydrogens (tertiary/aromatic N) is 1. The molecule has 2 rings (SSSR count). The van der Waals surface area contributed by atoms with E-state index in [0.717, 1.165) is 0 Å². The molecule has 0 unspecified atom stereocenters. The molecule has 1 aliphatic rings. The molecule has 0 aliphatic carbocycles. The van der Waals surface area contributed by atoms with Crippen LogP contribution in [0.4, 0.5) is 0 Å². The van der Waals surface area contributed by atoms with Gasteiger partial charge in [-0.3, -0.25) is 4.99 Å². The van der Waals surface area contributed by atoms with Gasteiger partial charge in [0.15, 0.2) is 21.3 Å². The molecule has 5 nitrogen and oxygen atoms in total. The van der Waals surface area contributed by atoms with Gasteiger partial charge in [-0.25, -0.2) is 8.42 Å². The topological polar surface area (TPSA) is 76.0 Å². The van der Waals surface area contributed by atoms with Crippen LogP contribution in [0.5, 0.6) is 11.5 Å². The Labute approximate surface area is 112 Å². The molecule has 1 fully saturated rings. The highest BCUT2D eigenvalue weighted by atomic mass is 32.2. The van der Waals surface area contributed by atoms with Crippen LogP contribution in [0.25, 0.3) is 0 Å². The second-order valence-electron chi connectivity index (χ2n) is 4.46. The molecule has 0 aromatic heterocycles. The largest absolute Gasteiger partial charge is 0.504 e. The van der Waals surface area contributed by atoms with Crippen LogP contribution in [-0.2, 0) is 9.84 Å². The van der Waals surface area contributed by atoms with E-state index in [-0.39, 0.29) is 23.3 Å². The molecule has 0 bridgehead atoms. The first kappa shape index (κ1) is 13.9. The van der Waals surface area contributed by atoms with E-state index < -0.39 is 9.84 Å². The second kappa shape index (κ2) is 5.61. The monoisotopic (exact) mass is 283 g/mol. The van der Waals surface area contributed by atoms with Crippen LogP contribution >= 0.6 is 0 Å². The molecule has 1 saturated heterocycles. The summed E-state index contributed by atoms with van der Waals surface area (Å²) in [7, 11) is -2.93. The molecule has 1 atom stereocenters. The van der Waals surface area contributed by atoms with Crippen LogP contribution in [-0.4, -0.2) is 43.9 Å². The zero-order chi connectivity index (χ0) is 13.9. The Kier molecular flexibility index (Phi) is 4.09. The summed E-state index contributed by atoms with van der Waals surface area (Å²) in [4.78, 5) is 4.23. The van der Waals surface area contributed by atoms with Gasteiger partial charge in [-0.2, -0.15) is 0 Å². The van der Waals surface area contributed by atoms with E-state index in [4.69, 9.17) is 4.74 Å². The number of sulfone groups is 1. The molecule has 0 saturated carbocycles. The Morgan fingerprint density at radius 3 is 2.95 bits per heavy atom. The van der Waals surface area contributed by atoms with Crippen molar-refractivity contribution in [2.45, 2.75) is 19.4 Å². The summed E-state index contributed by atoms with van der Waals surface area (Å²) in [5, 5.41) is 9.96. The lowest BCUT2D eigenvalue weighted by Gasteiger charge is -2.07. The minimum absolute atomic E-state index is 0.0361. The molecular weight excluding hydrogens is 266 g/mol. The van der Waals surface area contributed by atoms with Crippen molar-refractivity contribution >= 4 is 16.1 Å². The summed E-state index contributed by atoms with van der Waals surface area (Å²) in [6.07, 6.45) is 2.06. The standard InChI is InChI=1S/C13H17NO4S/c1-2-18-12-5-3-4-10(13(12)15)8-14-11-6-7-19(16,17)9-11/h3-5,8,11,15H,2,6-7,9H2,1H3/t11-/m1/s1. The SMILES string of the molecule is CCOc1cccc(C=N[C@@H]2CCS(=O)(=O)C2)c1O. The fraction of sp³-hybridized carbons (Fsp3) is 0.462. The van der Waals surface area contributed by atoms with Crippen molar-refractivity contribution in [1.29, 1.82) is 0 Å². The lowest BCUT2D eigenvalue weighted by Crippen LogP contribution is -2.07. The fourth-order valence-corrected chi connectivity index (χ4v) is 3.63. The molecule has 19 heavy (non-hydrogen) atoms. The molecule has 1 aromatic carbocycles. The van der Waals surface area contributed by atoms with Crippen molar-refractivity contribution in [2.75, 3.05) is 18.1 Å². The third-order valence-corrected chi connectivity index (χ3v) is 4.71. The highest BCUT2D eigenvalue weighted by molar-refractivity contribution is 7.91. The van der Waals surface area contributed by atoms with Gasteiger partial charge >= 0.3 is 0 Å². The molecule has 1 aromatic rings. The Hall–Kier alpha value is -1.56. The molecule has 0 amide bonds. The normalized spacial score (nSPS) is 21.8. The van der Waals surface area contributed by atoms with Crippen molar-refractivity contribution < 1.29 is 18.3 Å². The summed E-state index contributed by atoms with van der Waals surface area (Å²) in [5.74, 6) is 0.731. The van der Waals surface area contributed by atoms with Gasteiger partial charge in [-0.15, -0.1) is 0 Å². The van der Waals surface area contributed by atoms with Crippen molar-refractivity contribution in [2.24, 2.45) is 4.99 Å². The summed E-state index contributed by atoms with van der Waals surface area (Å²) < 4.78 is 27.9. The molecule has 0 radical (unpaired) electrons. The van der Waals surface area contributed by atoms with Crippen LogP contribution in [0.3, 0.4) is 0 Å². The molecule has 104 valence electrons. The van der Waals surface area contributed by atoms with Crippen molar-refractivity contribution in [1.82, 2.24) is 0 Å². The predicted molar refractivity (Wildman–Crippen MR) is 73.9 cm³/mol. The first-order valence-electron chi connectivity index (χ1n) is 6.20. The van der Waals surface area contributed by atoms with E-state index in [1.807, 2.05) is 6.92 Å². The number of phenolic OH excluding ortho intramolecular Hbond substituents is 1. The number of rotatable bonds is 4. The zero-order valence-corrected chi connectivity index (χ0v) is 11.6. The van der Waals surface area contributed by atoms with Crippen LogP contribution < -0.4 is 4.74 Å². The van der Waals surface area contributed by atoms with Crippen LogP contribution in [0.15, 0.2) is 23.2 Å². The van der Waals surface area contributed by atoms with E-state index in [9.17, 15) is 13.5 Å². The number of phenols is 1. The molecule has 1 aliphatic heterocycles. The maximum absolute atomic E-state index is 11.3. The first-order valence-corrected chi connectivity index (χ1v) is 8.02. The zero-order valence-electron chi connectivity index (χ0n) is 10.7. The van der Waals surface area contributed by atoms with Gasteiger partial charge in [0.2, 0.25) is 0 Å². The van der Waals surface area contributed by atoms with Gasteiger partial charge in [0.05, 0.1) is 24.2 Å². The van der Waals surface area contributed by atoms with Gasteiger partial charge in [-0.05, 0) is 25.5 Å². The minimum Gasteiger partial charge on any atom is -0.504 e. The number of aromatic hydroxyl groups is 1. The van der Waals surface area contributed by atoms with Crippen LogP contribution in [0.2, 0.25) is 0 Å². The number of ether oxygens (including phenoxy) is 1. The minimum atomic E-state index is -2.93.